The minimum atomic E-state index is 0.0685. The average Bonchev–Trinajstić information content (AvgIpc) is 3.24. The number of carbonyl (C=O) groups is 2. The van der Waals surface area contributed by atoms with E-state index in [1.165, 1.54) is 11.8 Å². The van der Waals surface area contributed by atoms with Crippen LogP contribution in [0, 0.1) is 0 Å². The zero-order valence-corrected chi connectivity index (χ0v) is 18.5. The lowest BCUT2D eigenvalue weighted by Crippen LogP contribution is -2.49. The summed E-state index contributed by atoms with van der Waals surface area (Å²) in [7, 11) is 0. The summed E-state index contributed by atoms with van der Waals surface area (Å²) in [5, 5.41) is 0.522. The van der Waals surface area contributed by atoms with Gasteiger partial charge in [-0.2, -0.15) is 0 Å². The molecule has 0 unspecified atom stereocenters. The Balaban J connectivity index is 1.33. The fourth-order valence-corrected chi connectivity index (χ4v) is 4.74. The molecule has 6 nitrogen and oxygen atoms in total. The van der Waals surface area contributed by atoms with E-state index in [9.17, 15) is 9.59 Å². The zero-order chi connectivity index (χ0) is 21.6. The van der Waals surface area contributed by atoms with Crippen LogP contribution in [0.15, 0.2) is 64.2 Å². The van der Waals surface area contributed by atoms with Gasteiger partial charge in [-0.1, -0.05) is 49.0 Å². The van der Waals surface area contributed by atoms with E-state index >= 15 is 0 Å². The summed E-state index contributed by atoms with van der Waals surface area (Å²) in [6, 6.07) is 17.2. The van der Waals surface area contributed by atoms with E-state index < -0.39 is 0 Å². The summed E-state index contributed by atoms with van der Waals surface area (Å²) in [4.78, 5) is 34.0. The van der Waals surface area contributed by atoms with E-state index in [-0.39, 0.29) is 17.9 Å². The summed E-state index contributed by atoms with van der Waals surface area (Å²) in [6.07, 6.45) is 2.51. The lowest BCUT2D eigenvalue weighted by Gasteiger charge is -2.38. The molecule has 1 aliphatic rings. The number of hydrogen-bond acceptors (Lipinski definition) is 5. The van der Waals surface area contributed by atoms with Crippen LogP contribution >= 0.6 is 11.8 Å². The Labute approximate surface area is 186 Å². The van der Waals surface area contributed by atoms with Crippen LogP contribution in [0.1, 0.15) is 36.5 Å². The Bertz CT molecular complexity index is 996. The second kappa shape index (κ2) is 10.0. The number of amides is 2. The molecule has 4 rings (SSSR count). The number of para-hydroxylation sites is 2. The largest absolute Gasteiger partial charge is 0.431 e. The van der Waals surface area contributed by atoms with E-state index in [2.05, 4.69) is 11.9 Å². The Kier molecular flexibility index (Phi) is 6.92. The molecule has 162 valence electrons. The fraction of sp³-hybridized carbons (Fsp3) is 0.375. The van der Waals surface area contributed by atoms with Crippen molar-refractivity contribution < 1.29 is 14.0 Å². The number of fused-ring (bicyclic) bond motifs is 1. The Morgan fingerprint density at radius 1 is 1.10 bits per heavy atom. The summed E-state index contributed by atoms with van der Waals surface area (Å²) in [6.45, 7) is 4.15. The van der Waals surface area contributed by atoms with E-state index in [4.69, 9.17) is 4.42 Å². The van der Waals surface area contributed by atoms with Crippen LogP contribution in [0.5, 0.6) is 0 Å². The fourth-order valence-electron chi connectivity index (χ4n) is 4.01. The minimum absolute atomic E-state index is 0.0685. The van der Waals surface area contributed by atoms with E-state index in [0.717, 1.165) is 42.5 Å². The van der Waals surface area contributed by atoms with Crippen molar-refractivity contribution in [2.45, 2.75) is 37.5 Å². The molecular formula is C24H27N3O3S. The van der Waals surface area contributed by atoms with Crippen LogP contribution in [0.25, 0.3) is 11.1 Å². The number of nitrogens with zero attached hydrogens (tertiary/aromatic N) is 3. The van der Waals surface area contributed by atoms with E-state index in [1.807, 2.05) is 64.4 Å². The van der Waals surface area contributed by atoms with Crippen LogP contribution in [0.2, 0.25) is 0 Å². The van der Waals surface area contributed by atoms with Crippen molar-refractivity contribution in [2.75, 3.05) is 25.4 Å². The zero-order valence-electron chi connectivity index (χ0n) is 17.7. The van der Waals surface area contributed by atoms with Crippen molar-refractivity contribution in [1.29, 1.82) is 0 Å². The van der Waals surface area contributed by atoms with Crippen LogP contribution in [-0.2, 0) is 4.79 Å². The summed E-state index contributed by atoms with van der Waals surface area (Å²) in [5.41, 5.74) is 2.26. The first kappa shape index (κ1) is 21.4. The first-order valence-corrected chi connectivity index (χ1v) is 11.8. The number of likely N-dealkylation sites (tertiary alicyclic amines) is 1. The van der Waals surface area contributed by atoms with Gasteiger partial charge in [-0.05, 0) is 43.5 Å². The van der Waals surface area contributed by atoms with Crippen molar-refractivity contribution in [3.05, 3.63) is 60.2 Å². The molecule has 0 aliphatic carbocycles. The normalized spacial score (nSPS) is 14.7. The van der Waals surface area contributed by atoms with Crippen LogP contribution < -0.4 is 0 Å². The maximum atomic E-state index is 13.0. The maximum Gasteiger partial charge on any atom is 0.257 e. The third-order valence-electron chi connectivity index (χ3n) is 5.59. The first-order chi connectivity index (χ1) is 15.2. The molecule has 3 aromatic rings. The Morgan fingerprint density at radius 2 is 1.81 bits per heavy atom. The lowest BCUT2D eigenvalue weighted by molar-refractivity contribution is -0.131. The third-order valence-corrected chi connectivity index (χ3v) is 6.40. The highest BCUT2D eigenvalue weighted by Crippen LogP contribution is 2.25. The van der Waals surface area contributed by atoms with Crippen LogP contribution in [0.3, 0.4) is 0 Å². The lowest BCUT2D eigenvalue weighted by atomic mass is 10.0. The summed E-state index contributed by atoms with van der Waals surface area (Å²) >= 11 is 1.34. The van der Waals surface area contributed by atoms with Gasteiger partial charge in [0.25, 0.3) is 11.1 Å². The highest BCUT2D eigenvalue weighted by Gasteiger charge is 2.29. The number of thioether (sulfide) groups is 1. The third kappa shape index (κ3) is 5.10. The number of oxazole rings is 1. The van der Waals surface area contributed by atoms with Crippen molar-refractivity contribution in [2.24, 2.45) is 0 Å². The average molecular weight is 438 g/mol. The molecule has 1 saturated heterocycles. The molecule has 0 spiro atoms. The SMILES string of the molecule is CCCN(C(=O)CSc1nc2ccccc2o1)C1CCN(C(=O)c2ccccc2)CC1. The quantitative estimate of drug-likeness (QED) is 0.511. The van der Waals surface area contributed by atoms with Crippen LogP contribution in [-0.4, -0.2) is 58.0 Å². The molecule has 2 amide bonds. The number of carbonyl (C=O) groups excluding carboxylic acids is 2. The van der Waals surface area contributed by atoms with E-state index in [1.54, 1.807) is 0 Å². The minimum Gasteiger partial charge on any atom is -0.431 e. The number of aromatic nitrogens is 1. The van der Waals surface area contributed by atoms with Gasteiger partial charge in [-0.15, -0.1) is 0 Å². The molecule has 1 aliphatic heterocycles. The van der Waals surface area contributed by atoms with Gasteiger partial charge in [-0.3, -0.25) is 9.59 Å². The van der Waals surface area contributed by atoms with Gasteiger partial charge in [0.05, 0.1) is 5.75 Å². The highest BCUT2D eigenvalue weighted by atomic mass is 32.2. The molecule has 0 N–H and O–H groups in total. The molecule has 0 atom stereocenters. The molecule has 0 bridgehead atoms. The maximum absolute atomic E-state index is 13.0. The second-order valence-electron chi connectivity index (χ2n) is 7.71. The van der Waals surface area contributed by atoms with E-state index in [0.29, 0.717) is 24.1 Å². The molecule has 2 heterocycles. The molecule has 0 saturated carbocycles. The molecule has 0 radical (unpaired) electrons. The second-order valence-corrected chi connectivity index (χ2v) is 8.64. The predicted molar refractivity (Wildman–Crippen MR) is 122 cm³/mol. The number of hydrogen-bond donors (Lipinski definition) is 0. The highest BCUT2D eigenvalue weighted by molar-refractivity contribution is 7.99. The number of piperidine rings is 1. The van der Waals surface area contributed by atoms with Gasteiger partial charge < -0.3 is 14.2 Å². The van der Waals surface area contributed by atoms with Gasteiger partial charge in [-0.25, -0.2) is 4.98 Å². The van der Waals surface area contributed by atoms with Gasteiger partial charge in [0, 0.05) is 31.2 Å². The van der Waals surface area contributed by atoms with Crippen molar-refractivity contribution in [1.82, 2.24) is 14.8 Å². The Morgan fingerprint density at radius 3 is 2.52 bits per heavy atom. The Hall–Kier alpha value is -2.80. The van der Waals surface area contributed by atoms with Gasteiger partial charge in [0.2, 0.25) is 5.91 Å². The number of rotatable bonds is 7. The van der Waals surface area contributed by atoms with Gasteiger partial charge >= 0.3 is 0 Å². The van der Waals surface area contributed by atoms with Crippen molar-refractivity contribution >= 4 is 34.7 Å². The van der Waals surface area contributed by atoms with Gasteiger partial charge in [0.1, 0.15) is 5.52 Å². The first-order valence-electron chi connectivity index (χ1n) is 10.8. The molecular weight excluding hydrogens is 410 g/mol. The molecule has 2 aromatic carbocycles. The standard InChI is InChI=1S/C24H27N3O3S/c1-2-14-27(22(28)17-31-24-25-20-10-6-7-11-21(20)30-24)19-12-15-26(16-13-19)23(29)18-8-4-3-5-9-18/h3-11,19H,2,12-17H2,1H3. The molecule has 7 heteroatoms. The van der Waals surface area contributed by atoms with Crippen molar-refractivity contribution in [3.8, 4) is 0 Å². The summed E-state index contributed by atoms with van der Waals surface area (Å²) < 4.78 is 5.72. The topological polar surface area (TPSA) is 66.7 Å². The molecule has 1 aromatic heterocycles. The monoisotopic (exact) mass is 437 g/mol. The van der Waals surface area contributed by atoms with Crippen LogP contribution in [0.4, 0.5) is 0 Å². The van der Waals surface area contributed by atoms with Gasteiger partial charge in [0.15, 0.2) is 5.58 Å². The number of benzene rings is 2. The van der Waals surface area contributed by atoms with Crippen molar-refractivity contribution in [3.63, 3.8) is 0 Å². The molecule has 1 fully saturated rings. The summed E-state index contributed by atoms with van der Waals surface area (Å²) in [5.74, 6) is 0.469. The predicted octanol–water partition coefficient (Wildman–Crippen LogP) is 4.46. The smallest absolute Gasteiger partial charge is 0.257 e. The molecule has 31 heavy (non-hydrogen) atoms.